The van der Waals surface area contributed by atoms with Crippen LogP contribution < -0.4 is 11.2 Å². The maximum absolute atomic E-state index is 13.5. The van der Waals surface area contributed by atoms with E-state index >= 15 is 0 Å². The number of nitrogens with two attached hydrogens (primary N) is 1. The topological polar surface area (TPSA) is 56.2 Å². The predicted octanol–water partition coefficient (Wildman–Crippen LogP) is 3.76. The number of fused-ring (bicyclic) bond motifs is 1. The third kappa shape index (κ3) is 2.40. The molecule has 1 aromatic heterocycles. The van der Waals surface area contributed by atoms with Crippen LogP contribution in [0.3, 0.4) is 0 Å². The van der Waals surface area contributed by atoms with Gasteiger partial charge in [-0.2, -0.15) is 0 Å². The molecule has 3 nitrogen and oxygen atoms in total. The van der Waals surface area contributed by atoms with Crippen LogP contribution in [-0.2, 0) is 0 Å². The van der Waals surface area contributed by atoms with E-state index in [1.54, 1.807) is 31.2 Å². The van der Waals surface area contributed by atoms with Crippen LogP contribution in [-0.4, -0.2) is 0 Å². The van der Waals surface area contributed by atoms with Gasteiger partial charge in [0, 0.05) is 17.7 Å². The molecule has 2 aromatic carbocycles. The van der Waals surface area contributed by atoms with Gasteiger partial charge < -0.3 is 10.2 Å². The lowest BCUT2D eigenvalue weighted by Gasteiger charge is -2.13. The molecule has 0 amide bonds. The molecule has 0 fully saturated rings. The van der Waals surface area contributed by atoms with Gasteiger partial charge in [0.2, 0.25) is 0 Å². The molecule has 2 N–H and O–H groups in total. The SMILES string of the molecule is CC(N)c1c(-c2cc(F)cc(F)c2)oc2ccccc2c1=O. The number of hydrogen-bond acceptors (Lipinski definition) is 3. The molecular formula is C17H13F2NO2. The summed E-state index contributed by atoms with van der Waals surface area (Å²) in [6, 6.07) is 9.03. The molecular weight excluding hydrogens is 288 g/mol. The fraction of sp³-hybridized carbons (Fsp3) is 0.118. The molecule has 0 saturated heterocycles. The van der Waals surface area contributed by atoms with Gasteiger partial charge in [-0.25, -0.2) is 8.78 Å². The minimum Gasteiger partial charge on any atom is -0.455 e. The molecule has 0 aliphatic heterocycles. The summed E-state index contributed by atoms with van der Waals surface area (Å²) in [5, 5.41) is 0.385. The third-order valence-corrected chi connectivity index (χ3v) is 3.41. The molecule has 22 heavy (non-hydrogen) atoms. The minimum absolute atomic E-state index is 0.0945. The maximum atomic E-state index is 13.5. The van der Waals surface area contributed by atoms with E-state index in [9.17, 15) is 13.6 Å². The summed E-state index contributed by atoms with van der Waals surface area (Å²) in [5.74, 6) is -1.40. The largest absolute Gasteiger partial charge is 0.455 e. The van der Waals surface area contributed by atoms with E-state index in [0.717, 1.165) is 18.2 Å². The highest BCUT2D eigenvalue weighted by atomic mass is 19.1. The lowest BCUT2D eigenvalue weighted by molar-refractivity contribution is 0.575. The zero-order valence-electron chi connectivity index (χ0n) is 11.8. The Hall–Kier alpha value is -2.53. The Labute approximate surface area is 125 Å². The van der Waals surface area contributed by atoms with E-state index in [0.29, 0.717) is 11.0 Å². The van der Waals surface area contributed by atoms with Crippen molar-refractivity contribution >= 4 is 11.0 Å². The Kier molecular flexibility index (Phi) is 3.50. The van der Waals surface area contributed by atoms with Gasteiger partial charge in [0.25, 0.3) is 0 Å². The number of hydrogen-bond donors (Lipinski definition) is 1. The van der Waals surface area contributed by atoms with E-state index < -0.39 is 17.7 Å². The Morgan fingerprint density at radius 3 is 2.36 bits per heavy atom. The van der Waals surface area contributed by atoms with Crippen LogP contribution in [0, 0.1) is 11.6 Å². The van der Waals surface area contributed by atoms with E-state index in [-0.39, 0.29) is 22.3 Å². The summed E-state index contributed by atoms with van der Waals surface area (Å²) in [5.41, 5.74) is 6.27. The highest BCUT2D eigenvalue weighted by molar-refractivity contribution is 5.80. The average molecular weight is 301 g/mol. The highest BCUT2D eigenvalue weighted by Gasteiger charge is 2.19. The molecule has 112 valence electrons. The normalized spacial score (nSPS) is 12.5. The standard InChI is InChI=1S/C17H13F2NO2/c1-9(20)15-16(21)13-4-2-3-5-14(13)22-17(15)10-6-11(18)8-12(19)7-10/h2-9H,20H2,1H3. The number of benzene rings is 2. The van der Waals surface area contributed by atoms with Gasteiger partial charge >= 0.3 is 0 Å². The zero-order valence-corrected chi connectivity index (χ0v) is 11.8. The lowest BCUT2D eigenvalue weighted by atomic mass is 10.00. The molecule has 1 heterocycles. The molecule has 0 radical (unpaired) electrons. The Morgan fingerprint density at radius 2 is 1.73 bits per heavy atom. The molecule has 0 bridgehead atoms. The first-order valence-corrected chi connectivity index (χ1v) is 6.75. The molecule has 0 saturated carbocycles. The van der Waals surface area contributed by atoms with Crippen LogP contribution >= 0.6 is 0 Å². The smallest absolute Gasteiger partial charge is 0.198 e. The van der Waals surface area contributed by atoms with Crippen molar-refractivity contribution in [2.75, 3.05) is 0 Å². The Morgan fingerprint density at radius 1 is 1.09 bits per heavy atom. The Balaban J connectivity index is 2.41. The molecule has 0 aliphatic rings. The van der Waals surface area contributed by atoms with Crippen molar-refractivity contribution < 1.29 is 13.2 Å². The molecule has 1 unspecified atom stereocenters. The maximum Gasteiger partial charge on any atom is 0.198 e. The van der Waals surface area contributed by atoms with Crippen molar-refractivity contribution in [2.45, 2.75) is 13.0 Å². The van der Waals surface area contributed by atoms with Crippen LogP contribution in [0.4, 0.5) is 8.78 Å². The first-order chi connectivity index (χ1) is 10.5. The van der Waals surface area contributed by atoms with Gasteiger partial charge in [-0.3, -0.25) is 4.79 Å². The first-order valence-electron chi connectivity index (χ1n) is 6.75. The monoisotopic (exact) mass is 301 g/mol. The van der Waals surface area contributed by atoms with Crippen molar-refractivity contribution in [3.8, 4) is 11.3 Å². The summed E-state index contributed by atoms with van der Waals surface area (Å²) in [6.45, 7) is 1.63. The molecule has 3 rings (SSSR count). The summed E-state index contributed by atoms with van der Waals surface area (Å²) in [4.78, 5) is 12.6. The summed E-state index contributed by atoms with van der Waals surface area (Å²) >= 11 is 0. The fourth-order valence-corrected chi connectivity index (χ4v) is 2.47. The average Bonchev–Trinajstić information content (AvgIpc) is 2.45. The van der Waals surface area contributed by atoms with Crippen molar-refractivity contribution in [3.63, 3.8) is 0 Å². The van der Waals surface area contributed by atoms with Gasteiger partial charge in [0.15, 0.2) is 5.43 Å². The summed E-state index contributed by atoms with van der Waals surface area (Å²) in [6.07, 6.45) is 0. The molecule has 0 spiro atoms. The molecule has 5 heteroatoms. The van der Waals surface area contributed by atoms with Crippen LogP contribution in [0.2, 0.25) is 0 Å². The molecule has 3 aromatic rings. The van der Waals surface area contributed by atoms with Crippen LogP contribution in [0.1, 0.15) is 18.5 Å². The number of rotatable bonds is 2. The number of halogens is 2. The van der Waals surface area contributed by atoms with Gasteiger partial charge in [0.05, 0.1) is 10.9 Å². The Bertz CT molecular complexity index is 896. The van der Waals surface area contributed by atoms with Crippen LogP contribution in [0.5, 0.6) is 0 Å². The van der Waals surface area contributed by atoms with Crippen molar-refractivity contribution in [3.05, 3.63) is 69.9 Å². The first kappa shape index (κ1) is 14.4. The van der Waals surface area contributed by atoms with Gasteiger partial charge in [-0.1, -0.05) is 12.1 Å². The molecule has 0 aliphatic carbocycles. The lowest BCUT2D eigenvalue weighted by Crippen LogP contribution is -2.19. The zero-order chi connectivity index (χ0) is 15.9. The summed E-state index contributed by atoms with van der Waals surface area (Å²) in [7, 11) is 0. The van der Waals surface area contributed by atoms with Crippen molar-refractivity contribution in [1.82, 2.24) is 0 Å². The quantitative estimate of drug-likeness (QED) is 0.784. The fourth-order valence-electron chi connectivity index (χ4n) is 2.47. The minimum atomic E-state index is -0.749. The van der Waals surface area contributed by atoms with E-state index in [1.807, 2.05) is 0 Å². The number of para-hydroxylation sites is 1. The third-order valence-electron chi connectivity index (χ3n) is 3.41. The highest BCUT2D eigenvalue weighted by Crippen LogP contribution is 2.29. The second-order valence-corrected chi connectivity index (χ2v) is 5.12. The van der Waals surface area contributed by atoms with E-state index in [2.05, 4.69) is 0 Å². The van der Waals surface area contributed by atoms with Gasteiger partial charge in [-0.15, -0.1) is 0 Å². The van der Waals surface area contributed by atoms with E-state index in [1.165, 1.54) is 0 Å². The van der Waals surface area contributed by atoms with E-state index in [4.69, 9.17) is 10.2 Å². The van der Waals surface area contributed by atoms with Crippen LogP contribution in [0.25, 0.3) is 22.3 Å². The molecule has 1 atom stereocenters. The van der Waals surface area contributed by atoms with Gasteiger partial charge in [-0.05, 0) is 31.2 Å². The van der Waals surface area contributed by atoms with Crippen molar-refractivity contribution in [1.29, 1.82) is 0 Å². The second kappa shape index (κ2) is 5.35. The van der Waals surface area contributed by atoms with Gasteiger partial charge in [0.1, 0.15) is 23.0 Å². The van der Waals surface area contributed by atoms with Crippen LogP contribution in [0.15, 0.2) is 51.7 Å². The second-order valence-electron chi connectivity index (χ2n) is 5.12. The predicted molar refractivity (Wildman–Crippen MR) is 80.4 cm³/mol. The van der Waals surface area contributed by atoms with Crippen molar-refractivity contribution in [2.24, 2.45) is 5.73 Å². The summed E-state index contributed by atoms with van der Waals surface area (Å²) < 4.78 is 32.7.